The van der Waals surface area contributed by atoms with Crippen molar-refractivity contribution >= 4 is 29.5 Å². The van der Waals surface area contributed by atoms with Gasteiger partial charge in [0.05, 0.1) is 11.8 Å². The van der Waals surface area contributed by atoms with Crippen LogP contribution in [-0.4, -0.2) is 46.7 Å². The summed E-state index contributed by atoms with van der Waals surface area (Å²) in [6.07, 6.45) is 11.0. The molecule has 3 rings (SSSR count). The molecule has 1 saturated heterocycles. The summed E-state index contributed by atoms with van der Waals surface area (Å²) in [5.74, 6) is -0.243. The smallest absolute Gasteiger partial charge is 0.244 e. The molecular formula is C18H28N2O3S. The standard InChI is InChI=1S/C18H28N2O3S/c1-24-11-15(16(21)19-12-7-3-2-4-8-12)20-17(22)13-9-5-6-10-14(13)18(20)23/h12-15H,2-11H2,1H3,(H,19,21)/t13-,14+,15-/m1/s1. The number of amides is 3. The van der Waals surface area contributed by atoms with Gasteiger partial charge in [0.25, 0.3) is 0 Å². The molecule has 0 bridgehead atoms. The third kappa shape index (κ3) is 3.48. The van der Waals surface area contributed by atoms with Crippen LogP contribution in [-0.2, 0) is 14.4 Å². The number of likely N-dealkylation sites (tertiary alicyclic amines) is 1. The van der Waals surface area contributed by atoms with Crippen LogP contribution in [0.2, 0.25) is 0 Å². The third-order valence-electron chi connectivity index (χ3n) is 5.77. The summed E-state index contributed by atoms with van der Waals surface area (Å²) in [5.41, 5.74) is 0. The molecule has 134 valence electrons. The van der Waals surface area contributed by atoms with Gasteiger partial charge in [-0.1, -0.05) is 32.1 Å². The average Bonchev–Trinajstić information content (AvgIpc) is 2.85. The lowest BCUT2D eigenvalue weighted by atomic mass is 9.81. The van der Waals surface area contributed by atoms with Crippen molar-refractivity contribution in [2.24, 2.45) is 11.8 Å². The van der Waals surface area contributed by atoms with Crippen LogP contribution in [0, 0.1) is 11.8 Å². The number of hydrogen-bond donors (Lipinski definition) is 1. The summed E-state index contributed by atoms with van der Waals surface area (Å²) in [6, 6.07) is -0.446. The number of nitrogens with zero attached hydrogens (tertiary/aromatic N) is 1. The van der Waals surface area contributed by atoms with Crippen molar-refractivity contribution in [1.29, 1.82) is 0 Å². The maximum absolute atomic E-state index is 12.8. The molecule has 3 aliphatic rings. The number of nitrogens with one attached hydrogen (secondary N) is 1. The second-order valence-electron chi connectivity index (χ2n) is 7.36. The number of carbonyl (C=O) groups is 3. The lowest BCUT2D eigenvalue weighted by Gasteiger charge is -2.29. The first-order chi connectivity index (χ1) is 11.6. The summed E-state index contributed by atoms with van der Waals surface area (Å²) in [4.78, 5) is 39.7. The number of thioether (sulfide) groups is 1. The van der Waals surface area contributed by atoms with E-state index in [0.29, 0.717) is 5.75 Å². The lowest BCUT2D eigenvalue weighted by Crippen LogP contribution is -2.53. The molecule has 0 aromatic rings. The van der Waals surface area contributed by atoms with Crippen LogP contribution in [0.25, 0.3) is 0 Å². The molecular weight excluding hydrogens is 324 g/mol. The Morgan fingerprint density at radius 3 is 2.12 bits per heavy atom. The van der Waals surface area contributed by atoms with E-state index in [4.69, 9.17) is 0 Å². The highest BCUT2D eigenvalue weighted by Crippen LogP contribution is 2.39. The molecule has 24 heavy (non-hydrogen) atoms. The number of imide groups is 1. The second-order valence-corrected chi connectivity index (χ2v) is 8.27. The molecule has 3 amide bonds. The molecule has 1 heterocycles. The van der Waals surface area contributed by atoms with Crippen LogP contribution < -0.4 is 5.32 Å². The maximum Gasteiger partial charge on any atom is 0.244 e. The normalized spacial score (nSPS) is 29.5. The highest BCUT2D eigenvalue weighted by Gasteiger charge is 2.51. The van der Waals surface area contributed by atoms with Crippen LogP contribution >= 0.6 is 11.8 Å². The quantitative estimate of drug-likeness (QED) is 0.771. The Morgan fingerprint density at radius 1 is 1.04 bits per heavy atom. The van der Waals surface area contributed by atoms with E-state index < -0.39 is 6.04 Å². The SMILES string of the molecule is CSC[C@H](C(=O)NC1CCCCC1)N1C(=O)[C@H]2CCCC[C@H]2C1=O. The molecule has 0 spiro atoms. The molecule has 0 aromatic heterocycles. The highest BCUT2D eigenvalue weighted by atomic mass is 32.2. The van der Waals surface area contributed by atoms with E-state index in [1.54, 1.807) is 0 Å². The number of carbonyl (C=O) groups excluding carboxylic acids is 3. The molecule has 6 heteroatoms. The van der Waals surface area contributed by atoms with Crippen molar-refractivity contribution in [3.05, 3.63) is 0 Å². The van der Waals surface area contributed by atoms with Gasteiger partial charge in [0, 0.05) is 11.8 Å². The topological polar surface area (TPSA) is 66.5 Å². The van der Waals surface area contributed by atoms with Gasteiger partial charge in [-0.3, -0.25) is 19.3 Å². The van der Waals surface area contributed by atoms with Crippen molar-refractivity contribution in [2.75, 3.05) is 12.0 Å². The fourth-order valence-electron chi connectivity index (χ4n) is 4.46. The molecule has 1 N–H and O–H groups in total. The van der Waals surface area contributed by atoms with Gasteiger partial charge < -0.3 is 5.32 Å². The van der Waals surface area contributed by atoms with Gasteiger partial charge in [0.15, 0.2) is 0 Å². The Labute approximate surface area is 148 Å². The fourth-order valence-corrected chi connectivity index (χ4v) is 5.08. The number of fused-ring (bicyclic) bond motifs is 1. The zero-order chi connectivity index (χ0) is 17.1. The van der Waals surface area contributed by atoms with E-state index in [0.717, 1.165) is 51.4 Å². The van der Waals surface area contributed by atoms with Gasteiger partial charge in [0.2, 0.25) is 17.7 Å². The Hall–Kier alpha value is -1.04. The summed E-state index contributed by atoms with van der Waals surface area (Å²) >= 11 is 1.52. The minimum Gasteiger partial charge on any atom is -0.352 e. The van der Waals surface area contributed by atoms with Crippen molar-refractivity contribution in [3.8, 4) is 0 Å². The van der Waals surface area contributed by atoms with E-state index in [1.165, 1.54) is 23.1 Å². The van der Waals surface area contributed by atoms with Crippen LogP contribution in [0.15, 0.2) is 0 Å². The van der Waals surface area contributed by atoms with Crippen LogP contribution in [0.3, 0.4) is 0 Å². The first-order valence-corrected chi connectivity index (χ1v) is 10.7. The van der Waals surface area contributed by atoms with Crippen LogP contribution in [0.4, 0.5) is 0 Å². The van der Waals surface area contributed by atoms with Gasteiger partial charge in [-0.25, -0.2) is 0 Å². The Morgan fingerprint density at radius 2 is 1.58 bits per heavy atom. The summed E-state index contributed by atoms with van der Waals surface area (Å²) in [7, 11) is 0. The molecule has 0 unspecified atom stereocenters. The number of rotatable bonds is 5. The lowest BCUT2D eigenvalue weighted by molar-refractivity contribution is -0.147. The molecule has 1 aliphatic heterocycles. The summed E-state index contributed by atoms with van der Waals surface area (Å²) < 4.78 is 0. The highest BCUT2D eigenvalue weighted by molar-refractivity contribution is 7.98. The van der Waals surface area contributed by atoms with E-state index in [2.05, 4.69) is 5.32 Å². The minimum atomic E-state index is -0.646. The van der Waals surface area contributed by atoms with Gasteiger partial charge in [0.1, 0.15) is 6.04 Å². The zero-order valence-corrected chi connectivity index (χ0v) is 15.3. The molecule has 0 radical (unpaired) electrons. The van der Waals surface area contributed by atoms with Gasteiger partial charge in [-0.05, 0) is 31.9 Å². The van der Waals surface area contributed by atoms with Gasteiger partial charge in [-0.2, -0.15) is 11.8 Å². The van der Waals surface area contributed by atoms with Gasteiger partial charge >= 0.3 is 0 Å². The van der Waals surface area contributed by atoms with E-state index in [-0.39, 0.29) is 35.6 Å². The molecule has 2 saturated carbocycles. The van der Waals surface area contributed by atoms with Crippen molar-refractivity contribution < 1.29 is 14.4 Å². The molecule has 3 atom stereocenters. The summed E-state index contributed by atoms with van der Waals surface area (Å²) in [5, 5.41) is 3.10. The van der Waals surface area contributed by atoms with E-state index >= 15 is 0 Å². The third-order valence-corrected chi connectivity index (χ3v) is 6.41. The first kappa shape index (κ1) is 17.8. The number of hydrogen-bond acceptors (Lipinski definition) is 4. The second kappa shape index (κ2) is 7.89. The van der Waals surface area contributed by atoms with E-state index in [9.17, 15) is 14.4 Å². The van der Waals surface area contributed by atoms with Gasteiger partial charge in [-0.15, -0.1) is 0 Å². The van der Waals surface area contributed by atoms with E-state index in [1.807, 2.05) is 6.26 Å². The first-order valence-electron chi connectivity index (χ1n) is 9.29. The Kier molecular flexibility index (Phi) is 5.85. The van der Waals surface area contributed by atoms with Crippen molar-refractivity contribution in [1.82, 2.24) is 10.2 Å². The fraction of sp³-hybridized carbons (Fsp3) is 0.833. The largest absolute Gasteiger partial charge is 0.352 e. The average molecular weight is 353 g/mol. The van der Waals surface area contributed by atoms with Crippen LogP contribution in [0.1, 0.15) is 57.8 Å². The minimum absolute atomic E-state index is 0.109. The Balaban J connectivity index is 1.73. The molecule has 0 aromatic carbocycles. The maximum atomic E-state index is 12.8. The monoisotopic (exact) mass is 352 g/mol. The van der Waals surface area contributed by atoms with Crippen molar-refractivity contribution in [2.45, 2.75) is 69.9 Å². The molecule has 3 fully saturated rings. The Bertz CT molecular complexity index is 480. The van der Waals surface area contributed by atoms with Crippen LogP contribution in [0.5, 0.6) is 0 Å². The molecule has 5 nitrogen and oxygen atoms in total. The van der Waals surface area contributed by atoms with Crippen molar-refractivity contribution in [3.63, 3.8) is 0 Å². The summed E-state index contributed by atoms with van der Waals surface area (Å²) in [6.45, 7) is 0. The predicted molar refractivity (Wildman–Crippen MR) is 94.5 cm³/mol. The molecule has 2 aliphatic carbocycles. The zero-order valence-electron chi connectivity index (χ0n) is 14.5. The predicted octanol–water partition coefficient (Wildman–Crippen LogP) is 2.34.